The molecule has 0 bridgehead atoms. The van der Waals surface area contributed by atoms with Gasteiger partial charge >= 0.3 is 0 Å². The lowest BCUT2D eigenvalue weighted by Crippen LogP contribution is -2.16. The van der Waals surface area contributed by atoms with Crippen LogP contribution in [0, 0.1) is 5.92 Å². The van der Waals surface area contributed by atoms with Crippen LogP contribution < -0.4 is 10.6 Å². The summed E-state index contributed by atoms with van der Waals surface area (Å²) in [6.07, 6.45) is 13.9. The van der Waals surface area contributed by atoms with Crippen LogP contribution >= 0.6 is 0 Å². The third kappa shape index (κ3) is 8.93. The summed E-state index contributed by atoms with van der Waals surface area (Å²) in [5.41, 5.74) is 0. The van der Waals surface area contributed by atoms with Crippen molar-refractivity contribution in [2.24, 2.45) is 5.92 Å². The third-order valence-corrected chi connectivity index (χ3v) is 4.01. The van der Waals surface area contributed by atoms with Crippen LogP contribution in [0.15, 0.2) is 0 Å². The second-order valence-corrected chi connectivity index (χ2v) is 5.80. The zero-order valence-corrected chi connectivity index (χ0v) is 12.4. The highest BCUT2D eigenvalue weighted by molar-refractivity contribution is 4.70. The van der Waals surface area contributed by atoms with Gasteiger partial charge in [0.25, 0.3) is 0 Å². The minimum Gasteiger partial charge on any atom is -0.317 e. The molecular weight excluding hydrogens is 220 g/mol. The number of nitrogens with zero attached hydrogens (tertiary/aromatic N) is 1. The molecular formula is C16H33N2. The van der Waals surface area contributed by atoms with Gasteiger partial charge in [0.05, 0.1) is 0 Å². The van der Waals surface area contributed by atoms with Crippen molar-refractivity contribution in [2.75, 3.05) is 26.2 Å². The molecule has 1 aliphatic heterocycles. The lowest BCUT2D eigenvalue weighted by molar-refractivity contribution is 0.480. The van der Waals surface area contributed by atoms with E-state index in [4.69, 9.17) is 0 Å². The minimum atomic E-state index is 0.932. The van der Waals surface area contributed by atoms with Crippen LogP contribution in [-0.2, 0) is 0 Å². The molecule has 1 heterocycles. The molecule has 1 radical (unpaired) electrons. The smallest absolute Gasteiger partial charge is 0.0162 e. The van der Waals surface area contributed by atoms with E-state index in [9.17, 15) is 0 Å². The summed E-state index contributed by atoms with van der Waals surface area (Å²) >= 11 is 0. The Balaban J connectivity index is 1.68. The zero-order valence-electron chi connectivity index (χ0n) is 12.4. The Labute approximate surface area is 114 Å². The van der Waals surface area contributed by atoms with Crippen molar-refractivity contribution in [1.29, 1.82) is 0 Å². The maximum absolute atomic E-state index is 4.42. The molecule has 0 aromatic heterocycles. The van der Waals surface area contributed by atoms with E-state index < -0.39 is 0 Å². The molecule has 1 fully saturated rings. The van der Waals surface area contributed by atoms with Gasteiger partial charge in [0, 0.05) is 13.1 Å². The van der Waals surface area contributed by atoms with Crippen molar-refractivity contribution < 1.29 is 0 Å². The van der Waals surface area contributed by atoms with Gasteiger partial charge in [-0.05, 0) is 44.7 Å². The van der Waals surface area contributed by atoms with Gasteiger partial charge in [0.2, 0.25) is 0 Å². The number of nitrogens with one attached hydrogen (secondary N) is 1. The quantitative estimate of drug-likeness (QED) is 0.527. The fourth-order valence-corrected chi connectivity index (χ4v) is 2.71. The van der Waals surface area contributed by atoms with Crippen molar-refractivity contribution >= 4 is 0 Å². The number of hydrogen-bond donors (Lipinski definition) is 1. The fraction of sp³-hybridized carbons (Fsp3) is 1.00. The molecule has 1 saturated heterocycles. The molecule has 0 amide bonds. The maximum atomic E-state index is 4.42. The van der Waals surface area contributed by atoms with Gasteiger partial charge in [-0.15, -0.1) is 0 Å². The molecule has 0 spiro atoms. The first-order valence-electron chi connectivity index (χ1n) is 8.27. The average molecular weight is 253 g/mol. The lowest BCUT2D eigenvalue weighted by Gasteiger charge is -2.07. The monoisotopic (exact) mass is 253 g/mol. The van der Waals surface area contributed by atoms with E-state index in [1.807, 2.05) is 0 Å². The first kappa shape index (κ1) is 16.0. The molecule has 107 valence electrons. The summed E-state index contributed by atoms with van der Waals surface area (Å²) in [5.74, 6) is 0.932. The van der Waals surface area contributed by atoms with E-state index in [0.29, 0.717) is 0 Å². The van der Waals surface area contributed by atoms with Crippen LogP contribution in [0.1, 0.15) is 71.1 Å². The van der Waals surface area contributed by atoms with Crippen LogP contribution in [0.25, 0.3) is 0 Å². The largest absolute Gasteiger partial charge is 0.317 e. The van der Waals surface area contributed by atoms with Gasteiger partial charge in [-0.25, -0.2) is 5.32 Å². The lowest BCUT2D eigenvalue weighted by atomic mass is 10.0. The second-order valence-electron chi connectivity index (χ2n) is 5.80. The molecule has 0 aliphatic carbocycles. The molecule has 0 aromatic rings. The highest BCUT2D eigenvalue weighted by Crippen LogP contribution is 2.17. The molecule has 18 heavy (non-hydrogen) atoms. The van der Waals surface area contributed by atoms with Crippen molar-refractivity contribution in [1.82, 2.24) is 10.6 Å². The van der Waals surface area contributed by atoms with Gasteiger partial charge in [0.15, 0.2) is 0 Å². The summed E-state index contributed by atoms with van der Waals surface area (Å²) in [5, 5.41) is 7.99. The summed E-state index contributed by atoms with van der Waals surface area (Å²) in [7, 11) is 0. The summed E-state index contributed by atoms with van der Waals surface area (Å²) in [6, 6.07) is 0. The molecule has 1 unspecified atom stereocenters. The Morgan fingerprint density at radius 1 is 0.944 bits per heavy atom. The first-order valence-corrected chi connectivity index (χ1v) is 8.27. The van der Waals surface area contributed by atoms with E-state index in [-0.39, 0.29) is 0 Å². The predicted octanol–water partition coefficient (Wildman–Crippen LogP) is 3.73. The van der Waals surface area contributed by atoms with Crippen molar-refractivity contribution in [3.63, 3.8) is 0 Å². The molecule has 2 nitrogen and oxygen atoms in total. The van der Waals surface area contributed by atoms with Crippen molar-refractivity contribution in [2.45, 2.75) is 71.1 Å². The Hall–Kier alpha value is -0.0800. The maximum Gasteiger partial charge on any atom is 0.0162 e. The van der Waals surface area contributed by atoms with Gasteiger partial charge < -0.3 is 5.32 Å². The third-order valence-electron chi connectivity index (χ3n) is 4.01. The van der Waals surface area contributed by atoms with E-state index in [0.717, 1.165) is 19.0 Å². The van der Waals surface area contributed by atoms with E-state index >= 15 is 0 Å². The molecule has 1 rings (SSSR count). The van der Waals surface area contributed by atoms with Gasteiger partial charge in [-0.3, -0.25) is 0 Å². The zero-order chi connectivity index (χ0) is 12.9. The molecule has 0 aromatic carbocycles. The van der Waals surface area contributed by atoms with Gasteiger partial charge in [-0.2, -0.15) is 0 Å². The predicted molar refractivity (Wildman–Crippen MR) is 80.1 cm³/mol. The highest BCUT2D eigenvalue weighted by Gasteiger charge is 2.14. The SMILES string of the molecule is CCCCCCNCCCCCCC1CC[N]C1. The van der Waals surface area contributed by atoms with Crippen LogP contribution in [0.2, 0.25) is 0 Å². The topological polar surface area (TPSA) is 26.1 Å². The van der Waals surface area contributed by atoms with Crippen molar-refractivity contribution in [3.8, 4) is 0 Å². The Kier molecular flexibility index (Phi) is 10.6. The fourth-order valence-electron chi connectivity index (χ4n) is 2.71. The van der Waals surface area contributed by atoms with Gasteiger partial charge in [-0.1, -0.05) is 45.4 Å². The molecule has 1 N–H and O–H groups in total. The first-order chi connectivity index (χ1) is 8.93. The molecule has 2 heteroatoms. The highest BCUT2D eigenvalue weighted by atomic mass is 14.9. The summed E-state index contributed by atoms with van der Waals surface area (Å²) in [6.45, 7) is 7.01. The summed E-state index contributed by atoms with van der Waals surface area (Å²) in [4.78, 5) is 0. The number of hydrogen-bond acceptors (Lipinski definition) is 1. The van der Waals surface area contributed by atoms with Crippen LogP contribution in [0.3, 0.4) is 0 Å². The Bertz CT molecular complexity index is 164. The Morgan fingerprint density at radius 2 is 1.67 bits per heavy atom. The number of rotatable bonds is 12. The molecule has 1 atom stereocenters. The number of unbranched alkanes of at least 4 members (excludes halogenated alkanes) is 6. The molecule has 0 saturated carbocycles. The van der Waals surface area contributed by atoms with Crippen molar-refractivity contribution in [3.05, 3.63) is 0 Å². The van der Waals surface area contributed by atoms with E-state index in [1.165, 1.54) is 77.3 Å². The van der Waals surface area contributed by atoms with Crippen LogP contribution in [0.5, 0.6) is 0 Å². The average Bonchev–Trinajstić information content (AvgIpc) is 2.89. The van der Waals surface area contributed by atoms with Gasteiger partial charge in [0.1, 0.15) is 0 Å². The van der Waals surface area contributed by atoms with E-state index in [1.54, 1.807) is 0 Å². The normalized spacial score (nSPS) is 19.5. The second kappa shape index (κ2) is 12.0. The van der Waals surface area contributed by atoms with E-state index in [2.05, 4.69) is 17.6 Å². The molecule has 1 aliphatic rings. The summed E-state index contributed by atoms with van der Waals surface area (Å²) < 4.78 is 0. The standard InChI is InChI=1S/C16H33N2/c1-2-3-4-8-12-17-13-9-6-5-7-10-16-11-14-18-15-16/h16-17H,2-15H2,1H3. The minimum absolute atomic E-state index is 0.932. The van der Waals surface area contributed by atoms with Crippen LogP contribution in [-0.4, -0.2) is 26.2 Å². The Morgan fingerprint density at radius 3 is 2.33 bits per heavy atom. The van der Waals surface area contributed by atoms with Crippen LogP contribution in [0.4, 0.5) is 0 Å².